The summed E-state index contributed by atoms with van der Waals surface area (Å²) in [5.41, 5.74) is 3.29. The van der Waals surface area contributed by atoms with E-state index in [1.165, 1.54) is 0 Å². The van der Waals surface area contributed by atoms with E-state index in [-0.39, 0.29) is 11.8 Å². The van der Waals surface area contributed by atoms with Crippen molar-refractivity contribution in [3.63, 3.8) is 0 Å². The lowest BCUT2D eigenvalue weighted by Gasteiger charge is -2.32. The average Bonchev–Trinajstić information content (AvgIpc) is 3.29. The lowest BCUT2D eigenvalue weighted by molar-refractivity contribution is -0.138. The first-order chi connectivity index (χ1) is 15.9. The fourth-order valence-corrected chi connectivity index (χ4v) is 4.79. The predicted octanol–water partition coefficient (Wildman–Crippen LogP) is 4.53. The zero-order valence-corrected chi connectivity index (χ0v) is 19.5. The summed E-state index contributed by atoms with van der Waals surface area (Å²) in [6.07, 6.45) is 1.21. The maximum Gasteiger partial charge on any atom is 0.254 e. The van der Waals surface area contributed by atoms with Crippen molar-refractivity contribution in [2.75, 3.05) is 34.3 Å². The molecule has 1 aliphatic heterocycles. The summed E-state index contributed by atoms with van der Waals surface area (Å²) >= 11 is 0. The summed E-state index contributed by atoms with van der Waals surface area (Å²) in [6.45, 7) is 0.937. The maximum atomic E-state index is 13.5. The van der Waals surface area contributed by atoms with E-state index in [1.807, 2.05) is 42.5 Å². The molecule has 4 rings (SSSR count). The van der Waals surface area contributed by atoms with Crippen LogP contribution in [0.25, 0.3) is 11.1 Å². The largest absolute Gasteiger partial charge is 0.497 e. The minimum absolute atomic E-state index is 0.0614. The van der Waals surface area contributed by atoms with E-state index in [1.54, 1.807) is 43.1 Å². The van der Waals surface area contributed by atoms with Gasteiger partial charge >= 0.3 is 0 Å². The second-order valence-corrected chi connectivity index (χ2v) is 8.89. The Morgan fingerprint density at radius 1 is 0.970 bits per heavy atom. The van der Waals surface area contributed by atoms with Crippen molar-refractivity contribution in [3.8, 4) is 16.9 Å². The maximum absolute atomic E-state index is 13.5. The lowest BCUT2D eigenvalue weighted by atomic mass is 9.77. The fraction of sp³-hybridized carbons (Fsp3) is 0.286. The fourth-order valence-electron chi connectivity index (χ4n) is 4.79. The molecule has 1 heterocycles. The molecule has 0 radical (unpaired) electrons. The van der Waals surface area contributed by atoms with Crippen LogP contribution >= 0.6 is 0 Å². The van der Waals surface area contributed by atoms with Crippen molar-refractivity contribution in [3.05, 3.63) is 90.0 Å². The number of amides is 2. The van der Waals surface area contributed by atoms with Crippen molar-refractivity contribution in [1.82, 2.24) is 9.80 Å². The Morgan fingerprint density at radius 3 is 2.42 bits per heavy atom. The average molecular weight is 443 g/mol. The molecule has 0 aromatic heterocycles. The Bertz CT molecular complexity index is 1140. The molecule has 0 spiro atoms. The van der Waals surface area contributed by atoms with Gasteiger partial charge in [0, 0.05) is 32.7 Å². The van der Waals surface area contributed by atoms with Crippen LogP contribution in [0.15, 0.2) is 78.9 Å². The molecular formula is C28H30N2O3. The molecule has 1 fully saturated rings. The van der Waals surface area contributed by atoms with E-state index in [0.717, 1.165) is 16.7 Å². The number of hydrogen-bond acceptors (Lipinski definition) is 3. The lowest BCUT2D eigenvalue weighted by Crippen LogP contribution is -2.44. The summed E-state index contributed by atoms with van der Waals surface area (Å²) in [5, 5.41) is 0. The molecule has 5 heteroatoms. The number of carbonyl (C=O) groups is 2. The minimum atomic E-state index is -0.664. The molecule has 0 bridgehead atoms. The van der Waals surface area contributed by atoms with Crippen LogP contribution in [-0.4, -0.2) is 55.9 Å². The molecule has 1 aliphatic rings. The van der Waals surface area contributed by atoms with Gasteiger partial charge in [0.15, 0.2) is 0 Å². The summed E-state index contributed by atoms with van der Waals surface area (Å²) in [5.74, 6) is 0.637. The first kappa shape index (κ1) is 22.6. The molecular weight excluding hydrogens is 412 g/mol. The van der Waals surface area contributed by atoms with Gasteiger partial charge < -0.3 is 14.5 Å². The van der Waals surface area contributed by atoms with Crippen LogP contribution in [0.3, 0.4) is 0 Å². The number of nitrogens with zero attached hydrogens (tertiary/aromatic N) is 2. The van der Waals surface area contributed by atoms with E-state index in [2.05, 4.69) is 24.3 Å². The van der Waals surface area contributed by atoms with Crippen LogP contribution in [0.5, 0.6) is 5.75 Å². The molecule has 0 saturated carbocycles. The monoisotopic (exact) mass is 442 g/mol. The third kappa shape index (κ3) is 4.63. The van der Waals surface area contributed by atoms with Crippen LogP contribution in [0, 0.1) is 5.41 Å². The van der Waals surface area contributed by atoms with Gasteiger partial charge in [-0.15, -0.1) is 0 Å². The molecule has 170 valence electrons. The number of rotatable bonds is 6. The molecule has 0 N–H and O–H groups in total. The molecule has 1 atom stereocenters. The van der Waals surface area contributed by atoms with Gasteiger partial charge in [-0.3, -0.25) is 9.59 Å². The zero-order valence-electron chi connectivity index (χ0n) is 19.5. The summed E-state index contributed by atoms with van der Waals surface area (Å²) < 4.78 is 5.28. The number of benzene rings is 3. The van der Waals surface area contributed by atoms with E-state index >= 15 is 0 Å². The number of carbonyl (C=O) groups excluding carboxylic acids is 2. The van der Waals surface area contributed by atoms with Gasteiger partial charge in [-0.2, -0.15) is 0 Å². The Morgan fingerprint density at radius 2 is 1.70 bits per heavy atom. The van der Waals surface area contributed by atoms with Crippen molar-refractivity contribution in [1.29, 1.82) is 0 Å². The second kappa shape index (κ2) is 9.49. The molecule has 0 aliphatic carbocycles. The van der Waals surface area contributed by atoms with E-state index < -0.39 is 5.41 Å². The molecule has 2 amide bonds. The SMILES string of the molecule is COc1cccc(C(=O)N2CC[C@@](Cc3ccccc3-c3ccccc3)(C(=O)N(C)C)C2)c1. The minimum Gasteiger partial charge on any atom is -0.497 e. The number of hydrogen-bond donors (Lipinski definition) is 0. The summed E-state index contributed by atoms with van der Waals surface area (Å²) in [6, 6.07) is 25.7. The van der Waals surface area contributed by atoms with E-state index in [0.29, 0.717) is 37.2 Å². The Kier molecular flexibility index (Phi) is 6.50. The number of methoxy groups -OCH3 is 1. The van der Waals surface area contributed by atoms with Crippen molar-refractivity contribution < 1.29 is 14.3 Å². The molecule has 1 saturated heterocycles. The van der Waals surface area contributed by atoms with Gasteiger partial charge in [0.05, 0.1) is 12.5 Å². The molecule has 0 unspecified atom stereocenters. The van der Waals surface area contributed by atoms with Gasteiger partial charge in [-0.25, -0.2) is 0 Å². The van der Waals surface area contributed by atoms with Gasteiger partial charge in [-0.05, 0) is 47.7 Å². The first-order valence-electron chi connectivity index (χ1n) is 11.2. The van der Waals surface area contributed by atoms with Crippen molar-refractivity contribution in [2.45, 2.75) is 12.8 Å². The van der Waals surface area contributed by atoms with Crippen LogP contribution in [-0.2, 0) is 11.2 Å². The molecule has 3 aromatic rings. The van der Waals surface area contributed by atoms with E-state index in [4.69, 9.17) is 4.74 Å². The van der Waals surface area contributed by atoms with Crippen molar-refractivity contribution >= 4 is 11.8 Å². The van der Waals surface area contributed by atoms with Gasteiger partial charge in [0.2, 0.25) is 5.91 Å². The van der Waals surface area contributed by atoms with Crippen LogP contribution < -0.4 is 4.74 Å². The summed E-state index contributed by atoms with van der Waals surface area (Å²) in [7, 11) is 5.17. The van der Waals surface area contributed by atoms with Gasteiger partial charge in [0.25, 0.3) is 5.91 Å². The van der Waals surface area contributed by atoms with Crippen LogP contribution in [0.4, 0.5) is 0 Å². The molecule has 33 heavy (non-hydrogen) atoms. The quantitative estimate of drug-likeness (QED) is 0.564. The second-order valence-electron chi connectivity index (χ2n) is 8.89. The highest BCUT2D eigenvalue weighted by molar-refractivity contribution is 5.96. The normalized spacial score (nSPS) is 17.6. The highest BCUT2D eigenvalue weighted by Gasteiger charge is 2.47. The Labute approximate surface area is 195 Å². The topological polar surface area (TPSA) is 49.9 Å². The zero-order chi connectivity index (χ0) is 23.4. The third-order valence-electron chi connectivity index (χ3n) is 6.45. The molecule has 3 aromatic carbocycles. The van der Waals surface area contributed by atoms with E-state index in [9.17, 15) is 9.59 Å². The molecule has 5 nitrogen and oxygen atoms in total. The summed E-state index contributed by atoms with van der Waals surface area (Å²) in [4.78, 5) is 30.2. The Balaban J connectivity index is 1.66. The smallest absolute Gasteiger partial charge is 0.254 e. The van der Waals surface area contributed by atoms with Crippen molar-refractivity contribution in [2.24, 2.45) is 5.41 Å². The first-order valence-corrected chi connectivity index (χ1v) is 11.2. The number of likely N-dealkylation sites (tertiary alicyclic amines) is 1. The highest BCUT2D eigenvalue weighted by atomic mass is 16.5. The standard InChI is InChI=1S/C28H30N2O3/c1-29(2)27(32)28(19-23-12-7-8-15-25(23)21-10-5-4-6-11-21)16-17-30(20-28)26(31)22-13-9-14-24(18-22)33-3/h4-15,18H,16-17,19-20H2,1-3H3/t28-/m0/s1. The van der Waals surface area contributed by atoms with Gasteiger partial charge in [0.1, 0.15) is 5.75 Å². The van der Waals surface area contributed by atoms with Crippen LogP contribution in [0.2, 0.25) is 0 Å². The van der Waals surface area contributed by atoms with Gasteiger partial charge in [-0.1, -0.05) is 60.7 Å². The van der Waals surface area contributed by atoms with Crippen LogP contribution in [0.1, 0.15) is 22.3 Å². The highest BCUT2D eigenvalue weighted by Crippen LogP contribution is 2.39. The predicted molar refractivity (Wildman–Crippen MR) is 130 cm³/mol. The third-order valence-corrected chi connectivity index (χ3v) is 6.45. The Hall–Kier alpha value is -3.60. The number of ether oxygens (including phenoxy) is 1.